The van der Waals surface area contributed by atoms with E-state index in [1.165, 1.54) is 0 Å². The SMILES string of the molecule is CCc1c(Cl)n(C)n(-c2ccccc2)c1=O. The molecule has 0 aliphatic heterocycles. The fourth-order valence-electron chi connectivity index (χ4n) is 1.79. The van der Waals surface area contributed by atoms with Crippen LogP contribution in [-0.2, 0) is 13.5 Å². The van der Waals surface area contributed by atoms with E-state index in [1.54, 1.807) is 16.4 Å². The van der Waals surface area contributed by atoms with E-state index in [1.807, 2.05) is 37.3 Å². The third-order valence-corrected chi connectivity index (χ3v) is 3.11. The van der Waals surface area contributed by atoms with Crippen molar-refractivity contribution in [1.29, 1.82) is 0 Å². The van der Waals surface area contributed by atoms with E-state index in [0.29, 0.717) is 17.1 Å². The maximum atomic E-state index is 12.1. The van der Waals surface area contributed by atoms with Crippen LogP contribution in [-0.4, -0.2) is 9.36 Å². The van der Waals surface area contributed by atoms with Gasteiger partial charge in [-0.1, -0.05) is 36.7 Å². The highest BCUT2D eigenvalue weighted by atomic mass is 35.5. The first-order chi connectivity index (χ1) is 7.66. The molecule has 3 nitrogen and oxygen atoms in total. The van der Waals surface area contributed by atoms with Gasteiger partial charge in [0.1, 0.15) is 5.15 Å². The van der Waals surface area contributed by atoms with Gasteiger partial charge in [-0.2, -0.15) is 0 Å². The molecular weight excluding hydrogens is 224 g/mol. The number of hydrogen-bond acceptors (Lipinski definition) is 1. The second kappa shape index (κ2) is 4.18. The average molecular weight is 237 g/mol. The van der Waals surface area contributed by atoms with Crippen LogP contribution in [0.2, 0.25) is 5.15 Å². The standard InChI is InChI=1S/C12H13ClN2O/c1-3-10-11(13)14(2)15(12(10)16)9-7-5-4-6-8-9/h4-8H,3H2,1-2H3. The molecule has 0 saturated heterocycles. The summed E-state index contributed by atoms with van der Waals surface area (Å²) in [5, 5.41) is 0.511. The molecule has 0 saturated carbocycles. The fraction of sp³-hybridized carbons (Fsp3) is 0.250. The second-order valence-electron chi connectivity index (χ2n) is 3.60. The van der Waals surface area contributed by atoms with Crippen molar-refractivity contribution in [1.82, 2.24) is 9.36 Å². The number of hydrogen-bond donors (Lipinski definition) is 0. The summed E-state index contributed by atoms with van der Waals surface area (Å²) in [5.41, 5.74) is 1.45. The summed E-state index contributed by atoms with van der Waals surface area (Å²) in [6.45, 7) is 1.93. The van der Waals surface area contributed by atoms with Crippen LogP contribution in [0.15, 0.2) is 35.1 Å². The molecular formula is C12H13ClN2O. The molecule has 0 amide bonds. The predicted molar refractivity (Wildman–Crippen MR) is 65.4 cm³/mol. The normalized spacial score (nSPS) is 10.7. The van der Waals surface area contributed by atoms with Gasteiger partial charge >= 0.3 is 0 Å². The van der Waals surface area contributed by atoms with Crippen LogP contribution in [0.3, 0.4) is 0 Å². The Balaban J connectivity index is 2.72. The Kier molecular flexibility index (Phi) is 2.88. The van der Waals surface area contributed by atoms with E-state index in [-0.39, 0.29) is 5.56 Å². The van der Waals surface area contributed by atoms with Gasteiger partial charge < -0.3 is 0 Å². The van der Waals surface area contributed by atoms with E-state index < -0.39 is 0 Å². The van der Waals surface area contributed by atoms with Crippen molar-refractivity contribution in [3.63, 3.8) is 0 Å². The van der Waals surface area contributed by atoms with E-state index in [2.05, 4.69) is 0 Å². The van der Waals surface area contributed by atoms with Crippen LogP contribution in [0.1, 0.15) is 12.5 Å². The van der Waals surface area contributed by atoms with Crippen molar-refractivity contribution in [3.8, 4) is 5.69 Å². The van der Waals surface area contributed by atoms with Gasteiger partial charge in [-0.15, -0.1) is 0 Å². The number of nitrogens with zero attached hydrogens (tertiary/aromatic N) is 2. The highest BCUT2D eigenvalue weighted by molar-refractivity contribution is 6.30. The second-order valence-corrected chi connectivity index (χ2v) is 3.96. The van der Waals surface area contributed by atoms with Gasteiger partial charge in [0.25, 0.3) is 5.56 Å². The van der Waals surface area contributed by atoms with Crippen molar-refractivity contribution in [2.24, 2.45) is 7.05 Å². The van der Waals surface area contributed by atoms with Gasteiger partial charge in [-0.25, -0.2) is 4.68 Å². The minimum atomic E-state index is -0.0406. The van der Waals surface area contributed by atoms with Crippen molar-refractivity contribution < 1.29 is 0 Å². The number of rotatable bonds is 2. The van der Waals surface area contributed by atoms with Crippen LogP contribution in [0.25, 0.3) is 5.69 Å². The first-order valence-electron chi connectivity index (χ1n) is 5.18. The summed E-state index contributed by atoms with van der Waals surface area (Å²) in [4.78, 5) is 12.1. The molecule has 0 fully saturated rings. The van der Waals surface area contributed by atoms with Gasteiger partial charge in [0.05, 0.1) is 11.3 Å². The molecule has 2 rings (SSSR count). The summed E-state index contributed by atoms with van der Waals surface area (Å²) in [7, 11) is 1.79. The molecule has 0 unspecified atom stereocenters. The maximum absolute atomic E-state index is 12.1. The lowest BCUT2D eigenvalue weighted by Gasteiger charge is -2.06. The number of halogens is 1. The minimum Gasteiger partial charge on any atom is -0.269 e. The fourth-order valence-corrected chi connectivity index (χ4v) is 2.08. The minimum absolute atomic E-state index is 0.0406. The van der Waals surface area contributed by atoms with Gasteiger partial charge in [-0.05, 0) is 18.6 Å². The lowest BCUT2D eigenvalue weighted by molar-refractivity contribution is 0.647. The van der Waals surface area contributed by atoms with Crippen molar-refractivity contribution in [2.45, 2.75) is 13.3 Å². The van der Waals surface area contributed by atoms with Gasteiger partial charge in [0, 0.05) is 7.05 Å². The van der Waals surface area contributed by atoms with E-state index in [0.717, 1.165) is 5.69 Å². The summed E-state index contributed by atoms with van der Waals surface area (Å²) < 4.78 is 3.26. The summed E-state index contributed by atoms with van der Waals surface area (Å²) in [6, 6.07) is 9.48. The monoisotopic (exact) mass is 236 g/mol. The smallest absolute Gasteiger partial charge is 0.269 e. The van der Waals surface area contributed by atoms with Gasteiger partial charge in [-0.3, -0.25) is 9.48 Å². The molecule has 2 aromatic rings. The van der Waals surface area contributed by atoms with E-state index >= 15 is 0 Å². The highest BCUT2D eigenvalue weighted by Gasteiger charge is 2.15. The van der Waals surface area contributed by atoms with Crippen molar-refractivity contribution in [2.75, 3.05) is 0 Å². The third-order valence-electron chi connectivity index (χ3n) is 2.64. The van der Waals surface area contributed by atoms with E-state index in [9.17, 15) is 4.79 Å². The number of aromatic nitrogens is 2. The Morgan fingerprint density at radius 3 is 2.38 bits per heavy atom. The summed E-state index contributed by atoms with van der Waals surface area (Å²) in [5.74, 6) is 0. The molecule has 1 heterocycles. The molecule has 16 heavy (non-hydrogen) atoms. The van der Waals surface area contributed by atoms with Crippen LogP contribution in [0.5, 0.6) is 0 Å². The predicted octanol–water partition coefficient (Wildman–Crippen LogP) is 2.39. The topological polar surface area (TPSA) is 26.9 Å². The zero-order valence-electron chi connectivity index (χ0n) is 9.27. The molecule has 84 valence electrons. The Hall–Kier alpha value is -1.48. The molecule has 0 N–H and O–H groups in total. The Morgan fingerprint density at radius 2 is 1.88 bits per heavy atom. The van der Waals surface area contributed by atoms with Crippen LogP contribution >= 0.6 is 11.6 Å². The third kappa shape index (κ3) is 1.57. The summed E-state index contributed by atoms with van der Waals surface area (Å²) >= 11 is 6.11. The zero-order chi connectivity index (χ0) is 11.7. The number of para-hydroxylation sites is 1. The molecule has 0 atom stereocenters. The average Bonchev–Trinajstić information content (AvgIpc) is 2.51. The molecule has 0 spiro atoms. The Bertz CT molecular complexity index is 554. The molecule has 1 aromatic carbocycles. The van der Waals surface area contributed by atoms with Crippen molar-refractivity contribution >= 4 is 11.6 Å². The Labute approximate surface area is 98.9 Å². The largest absolute Gasteiger partial charge is 0.276 e. The van der Waals surface area contributed by atoms with Crippen LogP contribution < -0.4 is 5.56 Å². The van der Waals surface area contributed by atoms with Crippen LogP contribution in [0, 0.1) is 0 Å². The lowest BCUT2D eigenvalue weighted by Crippen LogP contribution is -2.20. The first kappa shape index (κ1) is 11.0. The van der Waals surface area contributed by atoms with E-state index in [4.69, 9.17) is 11.6 Å². The van der Waals surface area contributed by atoms with Crippen LogP contribution in [0.4, 0.5) is 0 Å². The quantitative estimate of drug-likeness (QED) is 0.787. The van der Waals surface area contributed by atoms with Gasteiger partial charge in [0.2, 0.25) is 0 Å². The molecule has 0 aliphatic rings. The summed E-state index contributed by atoms with van der Waals surface area (Å²) in [6.07, 6.45) is 0.644. The molecule has 0 radical (unpaired) electrons. The zero-order valence-corrected chi connectivity index (χ0v) is 10.0. The molecule has 4 heteroatoms. The lowest BCUT2D eigenvalue weighted by atomic mass is 10.3. The molecule has 0 aliphatic carbocycles. The Morgan fingerprint density at radius 1 is 1.25 bits per heavy atom. The molecule has 1 aromatic heterocycles. The highest BCUT2D eigenvalue weighted by Crippen LogP contribution is 2.15. The van der Waals surface area contributed by atoms with Gasteiger partial charge in [0.15, 0.2) is 0 Å². The number of benzene rings is 1. The maximum Gasteiger partial charge on any atom is 0.276 e. The van der Waals surface area contributed by atoms with Crippen molar-refractivity contribution in [3.05, 3.63) is 51.4 Å². The first-order valence-corrected chi connectivity index (χ1v) is 5.56. The molecule has 0 bridgehead atoms.